The first-order chi connectivity index (χ1) is 13.8. The second kappa shape index (κ2) is 10.8. The van der Waals surface area contributed by atoms with Gasteiger partial charge in [-0.2, -0.15) is 0 Å². The maximum Gasteiger partial charge on any atom is 0.191 e. The molecule has 28 heavy (non-hydrogen) atoms. The average molecular weight is 389 g/mol. The summed E-state index contributed by atoms with van der Waals surface area (Å²) in [5.41, 5.74) is 1.39. The summed E-state index contributed by atoms with van der Waals surface area (Å²) in [7, 11) is 3.59. The van der Waals surface area contributed by atoms with Gasteiger partial charge >= 0.3 is 0 Å². The number of rotatable bonds is 7. The van der Waals surface area contributed by atoms with Gasteiger partial charge in [0, 0.05) is 45.9 Å². The molecule has 156 valence electrons. The lowest BCUT2D eigenvalue weighted by Gasteiger charge is -2.48. The van der Waals surface area contributed by atoms with E-state index < -0.39 is 0 Å². The number of nitrogens with zero attached hydrogens (tertiary/aromatic N) is 2. The number of ether oxygens (including phenoxy) is 2. The lowest BCUT2D eigenvalue weighted by Crippen LogP contribution is -2.60. The molecule has 1 aliphatic carbocycles. The summed E-state index contributed by atoms with van der Waals surface area (Å²) in [6.45, 7) is 5.38. The molecule has 1 aromatic carbocycles. The molecule has 2 fully saturated rings. The third kappa shape index (κ3) is 5.46. The molecule has 0 radical (unpaired) electrons. The van der Waals surface area contributed by atoms with Crippen molar-refractivity contribution in [3.05, 3.63) is 35.9 Å². The van der Waals surface area contributed by atoms with Crippen LogP contribution in [-0.2, 0) is 9.47 Å². The van der Waals surface area contributed by atoms with Crippen molar-refractivity contribution in [2.24, 2.45) is 4.99 Å². The largest absolute Gasteiger partial charge is 0.379 e. The molecule has 0 aromatic heterocycles. The van der Waals surface area contributed by atoms with Crippen molar-refractivity contribution >= 4 is 5.96 Å². The van der Waals surface area contributed by atoms with E-state index in [2.05, 4.69) is 32.7 Å². The maximum atomic E-state index is 5.67. The van der Waals surface area contributed by atoms with Crippen LogP contribution in [0.1, 0.15) is 43.8 Å². The van der Waals surface area contributed by atoms with Crippen LogP contribution in [0.2, 0.25) is 0 Å². The minimum absolute atomic E-state index is 0.00244. The highest BCUT2D eigenvalue weighted by atomic mass is 16.5. The monoisotopic (exact) mass is 388 g/mol. The van der Waals surface area contributed by atoms with Gasteiger partial charge in [-0.3, -0.25) is 9.89 Å². The van der Waals surface area contributed by atoms with Crippen molar-refractivity contribution in [3.63, 3.8) is 0 Å². The van der Waals surface area contributed by atoms with Crippen molar-refractivity contribution in [2.45, 2.75) is 43.7 Å². The highest BCUT2D eigenvalue weighted by Gasteiger charge is 2.38. The molecular weight excluding hydrogens is 352 g/mol. The van der Waals surface area contributed by atoms with E-state index in [9.17, 15) is 0 Å². The van der Waals surface area contributed by atoms with Crippen LogP contribution < -0.4 is 10.6 Å². The molecule has 2 aliphatic rings. The Morgan fingerprint density at radius 1 is 1.14 bits per heavy atom. The van der Waals surface area contributed by atoms with Gasteiger partial charge in [0.25, 0.3) is 0 Å². The van der Waals surface area contributed by atoms with Crippen molar-refractivity contribution in [1.29, 1.82) is 0 Å². The lowest BCUT2D eigenvalue weighted by molar-refractivity contribution is -0.0352. The number of aliphatic imine (C=N–C) groups is 1. The summed E-state index contributed by atoms with van der Waals surface area (Å²) in [6, 6.07) is 10.3. The van der Waals surface area contributed by atoms with Gasteiger partial charge in [0.05, 0.1) is 19.3 Å². The Hall–Kier alpha value is -1.63. The minimum atomic E-state index is 0.00244. The van der Waals surface area contributed by atoms with E-state index in [1.165, 1.54) is 37.7 Å². The molecule has 0 amide bonds. The summed E-state index contributed by atoms with van der Waals surface area (Å²) >= 11 is 0. The number of methoxy groups -OCH3 is 1. The predicted molar refractivity (Wildman–Crippen MR) is 114 cm³/mol. The Morgan fingerprint density at radius 3 is 2.50 bits per heavy atom. The third-order valence-electron chi connectivity index (χ3n) is 6.19. The van der Waals surface area contributed by atoms with Gasteiger partial charge < -0.3 is 20.1 Å². The Labute approximate surface area is 169 Å². The zero-order valence-corrected chi connectivity index (χ0v) is 17.5. The molecule has 1 aliphatic heterocycles. The van der Waals surface area contributed by atoms with E-state index >= 15 is 0 Å². The van der Waals surface area contributed by atoms with Crippen LogP contribution in [0.25, 0.3) is 0 Å². The Morgan fingerprint density at radius 2 is 1.86 bits per heavy atom. The van der Waals surface area contributed by atoms with Crippen LogP contribution in [0.5, 0.6) is 0 Å². The Balaban J connectivity index is 1.57. The van der Waals surface area contributed by atoms with Gasteiger partial charge in [0.1, 0.15) is 0 Å². The fraction of sp³-hybridized carbons (Fsp3) is 0.682. The fourth-order valence-electron chi connectivity index (χ4n) is 4.52. The number of hydrogen-bond donors (Lipinski definition) is 2. The summed E-state index contributed by atoms with van der Waals surface area (Å²) < 4.78 is 11.3. The zero-order valence-electron chi connectivity index (χ0n) is 17.5. The van der Waals surface area contributed by atoms with Crippen LogP contribution in [0.3, 0.4) is 0 Å². The van der Waals surface area contributed by atoms with Crippen molar-refractivity contribution in [2.75, 3.05) is 53.6 Å². The van der Waals surface area contributed by atoms with Crippen LogP contribution in [0.4, 0.5) is 0 Å². The topological polar surface area (TPSA) is 58.1 Å². The van der Waals surface area contributed by atoms with Gasteiger partial charge in [-0.25, -0.2) is 0 Å². The van der Waals surface area contributed by atoms with Gasteiger partial charge in [-0.1, -0.05) is 49.6 Å². The number of benzene rings is 1. The molecule has 6 nitrogen and oxygen atoms in total. The predicted octanol–water partition coefficient (Wildman–Crippen LogP) is 2.57. The first-order valence-corrected chi connectivity index (χ1v) is 10.6. The Kier molecular flexibility index (Phi) is 8.13. The van der Waals surface area contributed by atoms with E-state index in [-0.39, 0.29) is 11.6 Å². The molecule has 0 bridgehead atoms. The van der Waals surface area contributed by atoms with E-state index in [1.807, 2.05) is 25.2 Å². The first-order valence-electron chi connectivity index (χ1n) is 10.6. The molecule has 2 N–H and O–H groups in total. The van der Waals surface area contributed by atoms with Crippen LogP contribution >= 0.6 is 0 Å². The van der Waals surface area contributed by atoms with Crippen molar-refractivity contribution in [3.8, 4) is 0 Å². The fourth-order valence-corrected chi connectivity index (χ4v) is 4.52. The number of hydrogen-bond acceptors (Lipinski definition) is 4. The molecule has 1 unspecified atom stereocenters. The van der Waals surface area contributed by atoms with Gasteiger partial charge in [0.2, 0.25) is 0 Å². The summed E-state index contributed by atoms with van der Waals surface area (Å²) in [4.78, 5) is 7.09. The number of guanidine groups is 1. The number of nitrogens with one attached hydrogen (secondary N) is 2. The number of morpholine rings is 1. The minimum Gasteiger partial charge on any atom is -0.379 e. The second-order valence-corrected chi connectivity index (χ2v) is 7.83. The second-order valence-electron chi connectivity index (χ2n) is 7.83. The zero-order chi connectivity index (χ0) is 19.7. The van der Waals surface area contributed by atoms with Gasteiger partial charge in [-0.15, -0.1) is 0 Å². The maximum absolute atomic E-state index is 5.67. The molecule has 1 saturated carbocycles. The molecule has 0 spiro atoms. The molecule has 3 rings (SSSR count). The molecule has 1 aromatic rings. The Bertz CT molecular complexity index is 596. The standard InChI is InChI=1S/C22H36N4O2/c1-23-21(24-17-20(27-2)19-9-5-3-6-10-19)25-18-22(11-7-4-8-12-22)26-13-15-28-16-14-26/h3,5-6,9-10,20H,4,7-8,11-18H2,1-2H3,(H2,23,24,25). The SMILES string of the molecule is CN=C(NCC(OC)c1ccccc1)NCC1(N2CCOCC2)CCCCC1. The summed E-state index contributed by atoms with van der Waals surface area (Å²) in [5, 5.41) is 7.06. The highest BCUT2D eigenvalue weighted by Crippen LogP contribution is 2.33. The summed E-state index contributed by atoms with van der Waals surface area (Å²) in [6.07, 6.45) is 6.48. The highest BCUT2D eigenvalue weighted by molar-refractivity contribution is 5.79. The molecule has 1 saturated heterocycles. The first kappa shape index (κ1) is 21.1. The van der Waals surface area contributed by atoms with Gasteiger partial charge in [0.15, 0.2) is 5.96 Å². The van der Waals surface area contributed by atoms with E-state index in [0.29, 0.717) is 6.54 Å². The van der Waals surface area contributed by atoms with Gasteiger partial charge in [-0.05, 0) is 18.4 Å². The molecule has 6 heteroatoms. The van der Waals surface area contributed by atoms with Crippen LogP contribution in [-0.4, -0.2) is 69.9 Å². The summed E-state index contributed by atoms with van der Waals surface area (Å²) in [5.74, 6) is 0.844. The third-order valence-corrected chi connectivity index (χ3v) is 6.19. The molecule has 1 heterocycles. The van der Waals surface area contributed by atoms with Crippen molar-refractivity contribution < 1.29 is 9.47 Å². The van der Waals surface area contributed by atoms with Crippen LogP contribution in [0, 0.1) is 0 Å². The normalized spacial score (nSPS) is 21.9. The van der Waals surface area contributed by atoms with E-state index in [4.69, 9.17) is 9.47 Å². The quantitative estimate of drug-likeness (QED) is 0.555. The molecule has 1 atom stereocenters. The smallest absolute Gasteiger partial charge is 0.191 e. The van der Waals surface area contributed by atoms with E-state index in [0.717, 1.165) is 38.8 Å². The molecular formula is C22H36N4O2. The van der Waals surface area contributed by atoms with Crippen LogP contribution in [0.15, 0.2) is 35.3 Å². The van der Waals surface area contributed by atoms with E-state index in [1.54, 1.807) is 7.11 Å². The van der Waals surface area contributed by atoms with Crippen molar-refractivity contribution in [1.82, 2.24) is 15.5 Å². The lowest BCUT2D eigenvalue weighted by atomic mass is 9.80. The average Bonchev–Trinajstić information content (AvgIpc) is 2.78.